The summed E-state index contributed by atoms with van der Waals surface area (Å²) in [6.45, 7) is 0.908. The third-order valence-corrected chi connectivity index (χ3v) is 4.35. The fourth-order valence-corrected chi connectivity index (χ4v) is 3.17. The maximum atomic E-state index is 13.2. The molecule has 0 unspecified atom stereocenters. The number of hydrogen-bond acceptors (Lipinski definition) is 2. The van der Waals surface area contributed by atoms with Crippen molar-refractivity contribution < 1.29 is 18.0 Å². The minimum Gasteiger partial charge on any atom is -0.334 e. The average molecular weight is 297 g/mol. The van der Waals surface area contributed by atoms with Crippen LogP contribution in [0.15, 0.2) is 23.6 Å². The van der Waals surface area contributed by atoms with E-state index in [1.165, 1.54) is 9.78 Å². The second-order valence-corrected chi connectivity index (χ2v) is 5.60. The number of benzene rings is 1. The van der Waals surface area contributed by atoms with Crippen molar-refractivity contribution in [3.05, 3.63) is 57.0 Å². The van der Waals surface area contributed by atoms with E-state index in [-0.39, 0.29) is 5.56 Å². The smallest absolute Gasteiger partial charge is 0.254 e. The number of rotatable bonds is 1. The predicted octanol–water partition coefficient (Wildman–Crippen LogP) is 3.36. The summed E-state index contributed by atoms with van der Waals surface area (Å²) in [5.74, 6) is -4.73. The van der Waals surface area contributed by atoms with Crippen molar-refractivity contribution >= 4 is 17.2 Å². The molecule has 0 aliphatic carbocycles. The molecule has 2 aromatic rings. The molecule has 0 bridgehead atoms. The quantitative estimate of drug-likeness (QED) is 0.739. The minimum absolute atomic E-state index is 0.167. The molecule has 0 N–H and O–H groups in total. The second-order valence-electron chi connectivity index (χ2n) is 4.60. The van der Waals surface area contributed by atoms with Gasteiger partial charge in [0.15, 0.2) is 17.5 Å². The molecule has 1 aliphatic rings. The summed E-state index contributed by atoms with van der Waals surface area (Å²) < 4.78 is 39.2. The fraction of sp³-hybridized carbons (Fsp3) is 0.214. The number of nitrogens with zero attached hydrogens (tertiary/aromatic N) is 1. The number of halogens is 3. The van der Waals surface area contributed by atoms with Gasteiger partial charge in [-0.1, -0.05) is 0 Å². The minimum atomic E-state index is -1.56. The summed E-state index contributed by atoms with van der Waals surface area (Å²) in [6, 6.07) is 3.42. The van der Waals surface area contributed by atoms with Crippen LogP contribution in [0.3, 0.4) is 0 Å². The van der Waals surface area contributed by atoms with Crippen LogP contribution in [-0.2, 0) is 13.0 Å². The van der Waals surface area contributed by atoms with Crippen molar-refractivity contribution in [2.75, 3.05) is 6.54 Å². The van der Waals surface area contributed by atoms with E-state index < -0.39 is 23.4 Å². The molecule has 1 aromatic heterocycles. The molecule has 0 radical (unpaired) electrons. The number of carbonyl (C=O) groups is 1. The maximum Gasteiger partial charge on any atom is 0.254 e. The maximum absolute atomic E-state index is 13.2. The average Bonchev–Trinajstić information content (AvgIpc) is 2.90. The molecule has 1 aromatic carbocycles. The molecule has 3 rings (SSSR count). The Hall–Kier alpha value is -1.82. The van der Waals surface area contributed by atoms with Gasteiger partial charge in [0.25, 0.3) is 5.91 Å². The lowest BCUT2D eigenvalue weighted by Gasteiger charge is -2.27. The Balaban J connectivity index is 1.87. The van der Waals surface area contributed by atoms with Crippen LogP contribution in [0.4, 0.5) is 13.2 Å². The van der Waals surface area contributed by atoms with Crippen LogP contribution in [0, 0.1) is 17.5 Å². The van der Waals surface area contributed by atoms with Crippen LogP contribution >= 0.6 is 11.3 Å². The van der Waals surface area contributed by atoms with Gasteiger partial charge in [-0.15, -0.1) is 11.3 Å². The van der Waals surface area contributed by atoms with Crippen LogP contribution in [-0.4, -0.2) is 17.4 Å². The van der Waals surface area contributed by atoms with Gasteiger partial charge >= 0.3 is 0 Å². The van der Waals surface area contributed by atoms with Gasteiger partial charge in [0, 0.05) is 23.5 Å². The summed E-state index contributed by atoms with van der Waals surface area (Å²) >= 11 is 1.63. The highest BCUT2D eigenvalue weighted by Gasteiger charge is 2.24. The van der Waals surface area contributed by atoms with E-state index in [9.17, 15) is 18.0 Å². The van der Waals surface area contributed by atoms with E-state index in [4.69, 9.17) is 0 Å². The van der Waals surface area contributed by atoms with Crippen molar-refractivity contribution in [2.24, 2.45) is 0 Å². The lowest BCUT2D eigenvalue weighted by Crippen LogP contribution is -2.35. The topological polar surface area (TPSA) is 20.3 Å². The van der Waals surface area contributed by atoms with E-state index in [2.05, 4.69) is 0 Å². The van der Waals surface area contributed by atoms with E-state index in [0.717, 1.165) is 24.1 Å². The van der Waals surface area contributed by atoms with Gasteiger partial charge in [-0.3, -0.25) is 4.79 Å². The lowest BCUT2D eigenvalue weighted by molar-refractivity contribution is 0.0734. The van der Waals surface area contributed by atoms with Gasteiger partial charge in [-0.25, -0.2) is 13.2 Å². The van der Waals surface area contributed by atoms with Crippen LogP contribution in [0.25, 0.3) is 0 Å². The standard InChI is InChI=1S/C14H10F3NOS/c15-10-5-9(6-11(16)13(10)17)14(19)18-3-1-12-8(7-18)2-4-20-12/h2,4-6H,1,3,7H2. The van der Waals surface area contributed by atoms with Crippen molar-refractivity contribution in [1.82, 2.24) is 4.90 Å². The number of carbonyl (C=O) groups excluding carboxylic acids is 1. The predicted molar refractivity (Wildman–Crippen MR) is 69.1 cm³/mol. The lowest BCUT2D eigenvalue weighted by atomic mass is 10.1. The van der Waals surface area contributed by atoms with Crippen LogP contribution < -0.4 is 0 Å². The van der Waals surface area contributed by atoms with Gasteiger partial charge in [-0.05, 0) is 35.6 Å². The molecule has 2 nitrogen and oxygen atoms in total. The highest BCUT2D eigenvalue weighted by atomic mass is 32.1. The largest absolute Gasteiger partial charge is 0.334 e. The Kier molecular flexibility index (Phi) is 3.25. The van der Waals surface area contributed by atoms with E-state index in [1.807, 2.05) is 11.4 Å². The zero-order chi connectivity index (χ0) is 14.3. The highest BCUT2D eigenvalue weighted by Crippen LogP contribution is 2.25. The van der Waals surface area contributed by atoms with E-state index >= 15 is 0 Å². The van der Waals surface area contributed by atoms with Gasteiger partial charge in [-0.2, -0.15) is 0 Å². The number of fused-ring (bicyclic) bond motifs is 1. The Bertz CT molecular complexity index is 660. The summed E-state index contributed by atoms with van der Waals surface area (Å²) in [7, 11) is 0. The molecule has 0 fully saturated rings. The fourth-order valence-electron chi connectivity index (χ4n) is 2.28. The Morgan fingerprint density at radius 3 is 2.60 bits per heavy atom. The zero-order valence-corrected chi connectivity index (χ0v) is 11.1. The van der Waals surface area contributed by atoms with Crippen molar-refractivity contribution in [2.45, 2.75) is 13.0 Å². The molecular formula is C14H10F3NOS. The number of thiophene rings is 1. The monoisotopic (exact) mass is 297 g/mol. The second kappa shape index (κ2) is 4.94. The SMILES string of the molecule is O=C(c1cc(F)c(F)c(F)c1)N1CCc2sccc2C1. The summed E-state index contributed by atoms with van der Waals surface area (Å²) in [5.41, 5.74) is 0.887. The molecule has 104 valence electrons. The molecule has 0 atom stereocenters. The summed E-state index contributed by atoms with van der Waals surface area (Å²) in [5, 5.41) is 1.95. The molecule has 2 heterocycles. The van der Waals surface area contributed by atoms with Crippen LogP contribution in [0.2, 0.25) is 0 Å². The van der Waals surface area contributed by atoms with Gasteiger partial charge in [0.2, 0.25) is 0 Å². The molecule has 0 saturated carbocycles. The summed E-state index contributed by atoms with van der Waals surface area (Å²) in [4.78, 5) is 15.0. The molecule has 0 spiro atoms. The molecule has 20 heavy (non-hydrogen) atoms. The first-order valence-corrected chi connectivity index (χ1v) is 6.93. The Morgan fingerprint density at radius 1 is 1.20 bits per heavy atom. The molecular weight excluding hydrogens is 287 g/mol. The zero-order valence-electron chi connectivity index (χ0n) is 10.3. The van der Waals surface area contributed by atoms with Gasteiger partial charge < -0.3 is 4.90 Å². The first-order chi connectivity index (χ1) is 9.56. The van der Waals surface area contributed by atoms with Crippen molar-refractivity contribution in [3.8, 4) is 0 Å². The number of hydrogen-bond donors (Lipinski definition) is 0. The Morgan fingerprint density at radius 2 is 1.90 bits per heavy atom. The van der Waals surface area contributed by atoms with E-state index in [0.29, 0.717) is 13.1 Å². The van der Waals surface area contributed by atoms with Crippen LogP contribution in [0.5, 0.6) is 0 Å². The third kappa shape index (κ3) is 2.20. The molecule has 6 heteroatoms. The summed E-state index contributed by atoms with van der Waals surface area (Å²) in [6.07, 6.45) is 0.727. The first kappa shape index (κ1) is 13.2. The molecule has 0 saturated heterocycles. The normalized spacial score (nSPS) is 14.2. The number of amides is 1. The van der Waals surface area contributed by atoms with Gasteiger partial charge in [0.1, 0.15) is 0 Å². The van der Waals surface area contributed by atoms with E-state index in [1.54, 1.807) is 11.3 Å². The van der Waals surface area contributed by atoms with Crippen molar-refractivity contribution in [3.63, 3.8) is 0 Å². The van der Waals surface area contributed by atoms with Crippen LogP contribution in [0.1, 0.15) is 20.8 Å². The highest BCUT2D eigenvalue weighted by molar-refractivity contribution is 7.10. The molecule has 1 amide bonds. The molecule has 1 aliphatic heterocycles. The van der Waals surface area contributed by atoms with Crippen molar-refractivity contribution in [1.29, 1.82) is 0 Å². The first-order valence-electron chi connectivity index (χ1n) is 6.05. The van der Waals surface area contributed by atoms with Gasteiger partial charge in [0.05, 0.1) is 0 Å². The third-order valence-electron chi connectivity index (χ3n) is 3.33. The Labute approximate surface area is 117 Å².